The Morgan fingerprint density at radius 1 is 1.44 bits per heavy atom. The van der Waals surface area contributed by atoms with Gasteiger partial charge in [0.2, 0.25) is 0 Å². The Morgan fingerprint density at radius 3 is 2.67 bits per heavy atom. The summed E-state index contributed by atoms with van der Waals surface area (Å²) in [4.78, 5) is 10.6. The Balaban J connectivity index is 2.30. The van der Waals surface area contributed by atoms with Crippen molar-refractivity contribution in [3.05, 3.63) is 33.3 Å². The summed E-state index contributed by atoms with van der Waals surface area (Å²) < 4.78 is 0. The van der Waals surface area contributed by atoms with Crippen LogP contribution in [-0.2, 0) is 0 Å². The molecule has 18 heavy (non-hydrogen) atoms. The molecule has 2 rings (SSSR count). The highest BCUT2D eigenvalue weighted by Gasteiger charge is 2.33. The second-order valence-electron chi connectivity index (χ2n) is 4.74. The number of nitrogens with one attached hydrogen (secondary N) is 1. The maximum Gasteiger partial charge on any atom is 0.293 e. The van der Waals surface area contributed by atoms with Gasteiger partial charge in [0.05, 0.1) is 4.92 Å². The Bertz CT molecular complexity index is 459. The number of rotatable bonds is 4. The van der Waals surface area contributed by atoms with E-state index in [9.17, 15) is 10.1 Å². The van der Waals surface area contributed by atoms with Gasteiger partial charge in [-0.1, -0.05) is 24.4 Å². The zero-order valence-electron chi connectivity index (χ0n) is 9.99. The Morgan fingerprint density at radius 2 is 2.11 bits per heavy atom. The van der Waals surface area contributed by atoms with E-state index in [4.69, 9.17) is 17.3 Å². The van der Waals surface area contributed by atoms with E-state index in [2.05, 4.69) is 5.32 Å². The first-order valence-electron chi connectivity index (χ1n) is 5.98. The van der Waals surface area contributed by atoms with E-state index in [1.807, 2.05) is 0 Å². The first kappa shape index (κ1) is 13.1. The van der Waals surface area contributed by atoms with Crippen molar-refractivity contribution in [2.45, 2.75) is 31.2 Å². The molecule has 1 aliphatic rings. The third-order valence-corrected chi connectivity index (χ3v) is 3.74. The zero-order valence-corrected chi connectivity index (χ0v) is 10.7. The van der Waals surface area contributed by atoms with Crippen LogP contribution in [0.25, 0.3) is 0 Å². The molecular formula is C12H16ClN3O2. The van der Waals surface area contributed by atoms with E-state index < -0.39 is 4.92 Å². The molecule has 0 saturated heterocycles. The topological polar surface area (TPSA) is 81.2 Å². The summed E-state index contributed by atoms with van der Waals surface area (Å²) in [7, 11) is 0. The van der Waals surface area contributed by atoms with Gasteiger partial charge in [-0.2, -0.15) is 0 Å². The molecular weight excluding hydrogens is 254 g/mol. The average molecular weight is 270 g/mol. The van der Waals surface area contributed by atoms with Crippen LogP contribution < -0.4 is 11.1 Å². The molecule has 3 N–H and O–H groups in total. The number of benzene rings is 1. The maximum atomic E-state index is 11.0. The molecule has 1 aliphatic carbocycles. The normalized spacial score (nSPS) is 17.7. The van der Waals surface area contributed by atoms with Gasteiger partial charge >= 0.3 is 0 Å². The molecule has 1 aromatic rings. The van der Waals surface area contributed by atoms with E-state index in [1.54, 1.807) is 12.1 Å². The second-order valence-corrected chi connectivity index (χ2v) is 5.17. The van der Waals surface area contributed by atoms with Crippen molar-refractivity contribution >= 4 is 23.0 Å². The van der Waals surface area contributed by atoms with Crippen LogP contribution in [0.5, 0.6) is 0 Å². The number of nitro benzene ring substituents is 1. The predicted octanol–water partition coefficient (Wildman–Crippen LogP) is 2.93. The summed E-state index contributed by atoms with van der Waals surface area (Å²) >= 11 is 5.79. The van der Waals surface area contributed by atoms with Crippen LogP contribution in [0.15, 0.2) is 18.2 Å². The molecule has 0 unspecified atom stereocenters. The molecule has 5 nitrogen and oxygen atoms in total. The molecule has 0 heterocycles. The molecule has 0 radical (unpaired) electrons. The lowest BCUT2D eigenvalue weighted by molar-refractivity contribution is -0.384. The van der Waals surface area contributed by atoms with Gasteiger partial charge in [-0.05, 0) is 25.0 Å². The first-order valence-corrected chi connectivity index (χ1v) is 6.36. The summed E-state index contributed by atoms with van der Waals surface area (Å²) in [6.45, 7) is 0.479. The predicted molar refractivity (Wildman–Crippen MR) is 72.0 cm³/mol. The lowest BCUT2D eigenvalue weighted by Crippen LogP contribution is -2.42. The summed E-state index contributed by atoms with van der Waals surface area (Å²) in [5.74, 6) is 0. The lowest BCUT2D eigenvalue weighted by Gasteiger charge is -2.29. The third kappa shape index (κ3) is 2.57. The van der Waals surface area contributed by atoms with Gasteiger partial charge in [-0.25, -0.2) is 0 Å². The summed E-state index contributed by atoms with van der Waals surface area (Å²) in [6, 6.07) is 4.66. The minimum absolute atomic E-state index is 0.00206. The van der Waals surface area contributed by atoms with E-state index in [1.165, 1.54) is 6.07 Å². The van der Waals surface area contributed by atoms with Gasteiger partial charge in [0.25, 0.3) is 5.69 Å². The smallest absolute Gasteiger partial charge is 0.293 e. The molecule has 0 bridgehead atoms. The van der Waals surface area contributed by atoms with Gasteiger partial charge in [0.15, 0.2) is 0 Å². The highest BCUT2D eigenvalue weighted by molar-refractivity contribution is 6.30. The number of anilines is 1. The van der Waals surface area contributed by atoms with E-state index in [0.29, 0.717) is 17.3 Å². The highest BCUT2D eigenvalue weighted by atomic mass is 35.5. The monoisotopic (exact) mass is 269 g/mol. The van der Waals surface area contributed by atoms with Crippen molar-refractivity contribution < 1.29 is 4.92 Å². The SMILES string of the molecule is NCC1(Nc2ccc(Cl)cc2[N+](=O)[O-])CCCC1. The Hall–Kier alpha value is -1.33. The minimum Gasteiger partial charge on any atom is -0.373 e. The van der Waals surface area contributed by atoms with E-state index in [0.717, 1.165) is 25.7 Å². The largest absolute Gasteiger partial charge is 0.373 e. The van der Waals surface area contributed by atoms with Crippen LogP contribution in [0.3, 0.4) is 0 Å². The molecule has 1 fully saturated rings. The quantitative estimate of drug-likeness (QED) is 0.650. The van der Waals surface area contributed by atoms with Crippen LogP contribution in [0, 0.1) is 10.1 Å². The fourth-order valence-electron chi connectivity index (χ4n) is 2.48. The van der Waals surface area contributed by atoms with Crippen molar-refractivity contribution in [1.82, 2.24) is 0 Å². The number of nitrogens with two attached hydrogens (primary N) is 1. The Labute approximate surface area is 110 Å². The number of hydrogen-bond donors (Lipinski definition) is 2. The average Bonchev–Trinajstić information content (AvgIpc) is 2.80. The molecule has 1 aromatic carbocycles. The lowest BCUT2D eigenvalue weighted by atomic mass is 9.97. The summed E-state index contributed by atoms with van der Waals surface area (Å²) in [5, 5.41) is 14.6. The van der Waals surface area contributed by atoms with E-state index in [-0.39, 0.29) is 11.2 Å². The van der Waals surface area contributed by atoms with Crippen molar-refractivity contribution in [3.63, 3.8) is 0 Å². The molecule has 1 saturated carbocycles. The fraction of sp³-hybridized carbons (Fsp3) is 0.500. The second kappa shape index (κ2) is 5.12. The third-order valence-electron chi connectivity index (χ3n) is 3.51. The molecule has 6 heteroatoms. The van der Waals surface area contributed by atoms with Crippen molar-refractivity contribution in [1.29, 1.82) is 0 Å². The van der Waals surface area contributed by atoms with Gasteiger partial charge in [0.1, 0.15) is 5.69 Å². The molecule has 0 atom stereocenters. The van der Waals surface area contributed by atoms with Crippen LogP contribution in [0.1, 0.15) is 25.7 Å². The van der Waals surface area contributed by atoms with Crippen molar-refractivity contribution in [2.75, 3.05) is 11.9 Å². The number of halogens is 1. The zero-order chi connectivity index (χ0) is 13.2. The fourth-order valence-corrected chi connectivity index (χ4v) is 2.65. The molecule has 0 amide bonds. The van der Waals surface area contributed by atoms with Gasteiger partial charge in [0, 0.05) is 23.2 Å². The van der Waals surface area contributed by atoms with E-state index >= 15 is 0 Å². The van der Waals surface area contributed by atoms with Crippen LogP contribution in [-0.4, -0.2) is 17.0 Å². The summed E-state index contributed by atoms with van der Waals surface area (Å²) in [6.07, 6.45) is 4.10. The van der Waals surface area contributed by atoms with Crippen molar-refractivity contribution in [3.8, 4) is 0 Å². The number of nitro groups is 1. The minimum atomic E-state index is -0.423. The standard InChI is InChI=1S/C12H16ClN3O2/c13-9-3-4-10(11(7-9)16(17)18)15-12(8-14)5-1-2-6-12/h3-4,7,15H,1-2,5-6,8,14H2. The van der Waals surface area contributed by atoms with Gasteiger partial charge in [-0.3, -0.25) is 10.1 Å². The maximum absolute atomic E-state index is 11.0. The van der Waals surface area contributed by atoms with Gasteiger partial charge < -0.3 is 11.1 Å². The van der Waals surface area contributed by atoms with Crippen LogP contribution >= 0.6 is 11.6 Å². The Kier molecular flexibility index (Phi) is 3.73. The molecule has 0 aliphatic heterocycles. The molecule has 0 aromatic heterocycles. The van der Waals surface area contributed by atoms with Gasteiger partial charge in [-0.15, -0.1) is 0 Å². The van der Waals surface area contributed by atoms with Crippen molar-refractivity contribution in [2.24, 2.45) is 5.73 Å². The number of hydrogen-bond acceptors (Lipinski definition) is 4. The van der Waals surface area contributed by atoms with Crippen LogP contribution in [0.2, 0.25) is 5.02 Å². The number of nitrogens with zero attached hydrogens (tertiary/aromatic N) is 1. The highest BCUT2D eigenvalue weighted by Crippen LogP contribution is 2.36. The molecule has 0 spiro atoms. The first-order chi connectivity index (χ1) is 8.56. The summed E-state index contributed by atoms with van der Waals surface area (Å²) in [5.41, 5.74) is 6.10. The molecule has 98 valence electrons. The van der Waals surface area contributed by atoms with Crippen LogP contribution in [0.4, 0.5) is 11.4 Å².